The van der Waals surface area contributed by atoms with Crippen molar-refractivity contribution in [1.82, 2.24) is 4.90 Å². The van der Waals surface area contributed by atoms with Crippen molar-refractivity contribution < 1.29 is 9.90 Å². The second-order valence-electron chi connectivity index (χ2n) is 4.22. The first-order chi connectivity index (χ1) is 6.48. The van der Waals surface area contributed by atoms with E-state index in [9.17, 15) is 4.79 Å². The third-order valence-electron chi connectivity index (χ3n) is 3.08. The van der Waals surface area contributed by atoms with Gasteiger partial charge in [0.15, 0.2) is 0 Å². The topological polar surface area (TPSA) is 64.3 Å². The molecule has 0 spiro atoms. The molecule has 4 heteroatoms. The summed E-state index contributed by atoms with van der Waals surface area (Å²) in [6.45, 7) is 5.04. The molecule has 0 aromatic carbocycles. The Balaban J connectivity index is 2.52. The smallest absolute Gasteiger partial charge is 0.320 e. The van der Waals surface area contributed by atoms with Crippen molar-refractivity contribution in [2.75, 3.05) is 13.1 Å². The maximum Gasteiger partial charge on any atom is 0.320 e. The summed E-state index contributed by atoms with van der Waals surface area (Å²) in [5, 5.41) is 17.7. The molecule has 1 aliphatic heterocycles. The molecule has 1 fully saturated rings. The van der Waals surface area contributed by atoms with Crippen LogP contribution in [0.3, 0.4) is 0 Å². The molecule has 0 aromatic heterocycles. The number of carboxylic acid groups (broad SMARTS) is 1. The fraction of sp³-hybridized carbons (Fsp3) is 0.800. The molecule has 1 unspecified atom stereocenters. The number of hydrogen-bond donors (Lipinski definition) is 1. The van der Waals surface area contributed by atoms with Crippen LogP contribution in [-0.4, -0.2) is 35.1 Å². The highest BCUT2D eigenvalue weighted by Crippen LogP contribution is 2.30. The van der Waals surface area contributed by atoms with Gasteiger partial charge in [0.1, 0.15) is 6.04 Å². The predicted molar refractivity (Wildman–Crippen MR) is 51.6 cm³/mol. The molecule has 1 atom stereocenters. The summed E-state index contributed by atoms with van der Waals surface area (Å²) in [5.74, 6) is -0.787. The Morgan fingerprint density at radius 3 is 2.43 bits per heavy atom. The SMILES string of the molecule is CC(C(=O)O)N1CCC(C)(C#N)CC1. The second kappa shape index (κ2) is 3.97. The van der Waals surface area contributed by atoms with Crippen LogP contribution in [0.2, 0.25) is 0 Å². The summed E-state index contributed by atoms with van der Waals surface area (Å²) >= 11 is 0. The van der Waals surface area contributed by atoms with E-state index in [1.807, 2.05) is 11.8 Å². The van der Waals surface area contributed by atoms with Gasteiger partial charge in [-0.25, -0.2) is 0 Å². The van der Waals surface area contributed by atoms with Gasteiger partial charge in [-0.2, -0.15) is 5.26 Å². The molecule has 1 aliphatic rings. The average Bonchev–Trinajstić information content (AvgIpc) is 2.18. The number of nitriles is 1. The number of likely N-dealkylation sites (tertiary alicyclic amines) is 1. The number of piperidine rings is 1. The van der Waals surface area contributed by atoms with Crippen LogP contribution in [-0.2, 0) is 4.79 Å². The van der Waals surface area contributed by atoms with Gasteiger partial charge >= 0.3 is 5.97 Å². The van der Waals surface area contributed by atoms with E-state index in [0.29, 0.717) is 13.1 Å². The lowest BCUT2D eigenvalue weighted by atomic mass is 9.81. The van der Waals surface area contributed by atoms with E-state index in [-0.39, 0.29) is 5.41 Å². The Bertz CT molecular complexity index is 262. The van der Waals surface area contributed by atoms with Gasteiger partial charge < -0.3 is 5.11 Å². The highest BCUT2D eigenvalue weighted by atomic mass is 16.4. The zero-order valence-electron chi connectivity index (χ0n) is 8.66. The molecule has 1 saturated heterocycles. The Morgan fingerprint density at radius 2 is 2.07 bits per heavy atom. The molecule has 14 heavy (non-hydrogen) atoms. The van der Waals surface area contributed by atoms with Gasteiger partial charge in [-0.15, -0.1) is 0 Å². The number of carbonyl (C=O) groups is 1. The summed E-state index contributed by atoms with van der Waals surface area (Å²) in [5.41, 5.74) is -0.255. The van der Waals surface area contributed by atoms with Crippen LogP contribution >= 0.6 is 0 Å². The highest BCUT2D eigenvalue weighted by molar-refractivity contribution is 5.72. The van der Waals surface area contributed by atoms with Crippen LogP contribution in [0.25, 0.3) is 0 Å². The van der Waals surface area contributed by atoms with Crippen molar-refractivity contribution >= 4 is 5.97 Å². The number of nitrogens with zero attached hydrogens (tertiary/aromatic N) is 2. The van der Waals surface area contributed by atoms with Crippen LogP contribution in [0.5, 0.6) is 0 Å². The molecule has 0 amide bonds. The van der Waals surface area contributed by atoms with Crippen molar-refractivity contribution in [3.63, 3.8) is 0 Å². The summed E-state index contributed by atoms with van der Waals surface area (Å²) in [6.07, 6.45) is 1.53. The minimum Gasteiger partial charge on any atom is -0.480 e. The monoisotopic (exact) mass is 196 g/mol. The van der Waals surface area contributed by atoms with Crippen LogP contribution in [0.15, 0.2) is 0 Å². The summed E-state index contributed by atoms with van der Waals surface area (Å²) in [6, 6.07) is 1.86. The Morgan fingerprint density at radius 1 is 1.57 bits per heavy atom. The summed E-state index contributed by atoms with van der Waals surface area (Å²) < 4.78 is 0. The van der Waals surface area contributed by atoms with Gasteiger partial charge in [-0.3, -0.25) is 9.69 Å². The zero-order valence-corrected chi connectivity index (χ0v) is 8.66. The standard InChI is InChI=1S/C10H16N2O2/c1-8(9(13)14)12-5-3-10(2,7-11)4-6-12/h8H,3-6H2,1-2H3,(H,13,14). The molecule has 78 valence electrons. The normalized spacial score (nSPS) is 23.8. The highest BCUT2D eigenvalue weighted by Gasteiger charge is 2.33. The van der Waals surface area contributed by atoms with Crippen molar-refractivity contribution in [3.05, 3.63) is 0 Å². The first kappa shape index (κ1) is 11.0. The van der Waals surface area contributed by atoms with Gasteiger partial charge in [-0.1, -0.05) is 0 Å². The maximum absolute atomic E-state index is 10.7. The number of carboxylic acids is 1. The van der Waals surface area contributed by atoms with Gasteiger partial charge in [0.25, 0.3) is 0 Å². The third-order valence-corrected chi connectivity index (χ3v) is 3.08. The van der Waals surface area contributed by atoms with Crippen molar-refractivity contribution in [2.45, 2.75) is 32.7 Å². The molecule has 1 rings (SSSR count). The van der Waals surface area contributed by atoms with E-state index in [1.165, 1.54) is 0 Å². The first-order valence-corrected chi connectivity index (χ1v) is 4.87. The van der Waals surface area contributed by atoms with Gasteiger partial charge in [0.2, 0.25) is 0 Å². The molecule has 1 heterocycles. The predicted octanol–water partition coefficient (Wildman–Crippen LogP) is 1.09. The molecule has 0 aromatic rings. The maximum atomic E-state index is 10.7. The molecule has 0 aliphatic carbocycles. The van der Waals surface area contributed by atoms with Crippen molar-refractivity contribution in [1.29, 1.82) is 5.26 Å². The summed E-state index contributed by atoms with van der Waals surface area (Å²) in [4.78, 5) is 12.6. The van der Waals surface area contributed by atoms with Crippen LogP contribution in [0.4, 0.5) is 0 Å². The van der Waals surface area contributed by atoms with Gasteiger partial charge in [0.05, 0.1) is 11.5 Å². The lowest BCUT2D eigenvalue weighted by Crippen LogP contribution is -2.46. The second-order valence-corrected chi connectivity index (χ2v) is 4.22. The van der Waals surface area contributed by atoms with Crippen molar-refractivity contribution in [3.8, 4) is 6.07 Å². The molecule has 0 saturated carbocycles. The Kier molecular flexibility index (Phi) is 3.12. The van der Waals surface area contributed by atoms with E-state index < -0.39 is 12.0 Å². The van der Waals surface area contributed by atoms with E-state index in [2.05, 4.69) is 6.07 Å². The molecular formula is C10H16N2O2. The van der Waals surface area contributed by atoms with Gasteiger partial charge in [-0.05, 0) is 26.7 Å². The molecular weight excluding hydrogens is 180 g/mol. The van der Waals surface area contributed by atoms with E-state index in [0.717, 1.165) is 12.8 Å². The van der Waals surface area contributed by atoms with E-state index in [4.69, 9.17) is 10.4 Å². The Hall–Kier alpha value is -1.08. The number of hydrogen-bond acceptors (Lipinski definition) is 3. The molecule has 0 radical (unpaired) electrons. The minimum atomic E-state index is -0.787. The summed E-state index contributed by atoms with van der Waals surface area (Å²) in [7, 11) is 0. The first-order valence-electron chi connectivity index (χ1n) is 4.87. The van der Waals surface area contributed by atoms with Gasteiger partial charge in [0, 0.05) is 13.1 Å². The largest absolute Gasteiger partial charge is 0.480 e. The lowest BCUT2D eigenvalue weighted by molar-refractivity contribution is -0.143. The number of rotatable bonds is 2. The minimum absolute atomic E-state index is 0.255. The lowest BCUT2D eigenvalue weighted by Gasteiger charge is -2.36. The third kappa shape index (κ3) is 2.24. The number of aliphatic carboxylic acids is 1. The van der Waals surface area contributed by atoms with E-state index in [1.54, 1.807) is 6.92 Å². The van der Waals surface area contributed by atoms with Crippen LogP contribution < -0.4 is 0 Å². The quantitative estimate of drug-likeness (QED) is 0.718. The molecule has 1 N–H and O–H groups in total. The van der Waals surface area contributed by atoms with Crippen LogP contribution in [0, 0.1) is 16.7 Å². The molecule has 4 nitrogen and oxygen atoms in total. The average molecular weight is 196 g/mol. The fourth-order valence-corrected chi connectivity index (χ4v) is 1.67. The van der Waals surface area contributed by atoms with Crippen molar-refractivity contribution in [2.24, 2.45) is 5.41 Å². The zero-order chi connectivity index (χ0) is 10.8. The molecule has 0 bridgehead atoms. The van der Waals surface area contributed by atoms with E-state index >= 15 is 0 Å². The van der Waals surface area contributed by atoms with Crippen LogP contribution in [0.1, 0.15) is 26.7 Å². The fourth-order valence-electron chi connectivity index (χ4n) is 1.67. The Labute approximate surface area is 84.1 Å².